The molecule has 84 valence electrons. The first-order valence-electron chi connectivity index (χ1n) is 5.37. The van der Waals surface area contributed by atoms with Crippen LogP contribution in [-0.2, 0) is 9.59 Å². The Hall–Kier alpha value is -0.900. The summed E-state index contributed by atoms with van der Waals surface area (Å²) in [6, 6.07) is 0. The highest BCUT2D eigenvalue weighted by Gasteiger charge is 2.72. The number of piperidine rings is 1. The van der Waals surface area contributed by atoms with Gasteiger partial charge in [0.25, 0.3) is 0 Å². The number of hydrogen-bond donors (Lipinski definition) is 1. The van der Waals surface area contributed by atoms with Crippen LogP contribution in [0.1, 0.15) is 20.8 Å². The van der Waals surface area contributed by atoms with E-state index in [1.165, 1.54) is 4.90 Å². The number of aliphatic hydroxyl groups is 1. The van der Waals surface area contributed by atoms with Gasteiger partial charge in [0.05, 0.1) is 11.8 Å². The molecular formula is C11H17NO3. The molecule has 0 spiro atoms. The van der Waals surface area contributed by atoms with Crippen LogP contribution in [0.3, 0.4) is 0 Å². The standard InChI is InChI=1S/C11H17NO3/c1-6(5-13)4-12-9(14)7-8(10(12)15)11(7,2)3/h6-8,13H,4-5H2,1-3H3. The van der Waals surface area contributed by atoms with Crippen LogP contribution in [0.15, 0.2) is 0 Å². The zero-order valence-corrected chi connectivity index (χ0v) is 9.36. The Morgan fingerprint density at radius 1 is 1.33 bits per heavy atom. The minimum atomic E-state index is -0.132. The molecule has 1 aliphatic heterocycles. The Kier molecular flexibility index (Phi) is 2.15. The summed E-state index contributed by atoms with van der Waals surface area (Å²) in [4.78, 5) is 25.0. The van der Waals surface area contributed by atoms with E-state index < -0.39 is 0 Å². The second-order valence-corrected chi connectivity index (χ2v) is 5.35. The van der Waals surface area contributed by atoms with E-state index in [2.05, 4.69) is 0 Å². The van der Waals surface area contributed by atoms with Crippen LogP contribution in [0, 0.1) is 23.2 Å². The Balaban J connectivity index is 2.08. The summed E-state index contributed by atoms with van der Waals surface area (Å²) in [7, 11) is 0. The zero-order valence-electron chi connectivity index (χ0n) is 9.36. The van der Waals surface area contributed by atoms with Gasteiger partial charge in [-0.05, 0) is 11.3 Å². The number of nitrogens with zero attached hydrogens (tertiary/aromatic N) is 1. The molecule has 0 aromatic carbocycles. The molecular weight excluding hydrogens is 194 g/mol. The molecule has 1 saturated carbocycles. The highest BCUT2D eigenvalue weighted by atomic mass is 16.3. The van der Waals surface area contributed by atoms with Crippen LogP contribution < -0.4 is 0 Å². The summed E-state index contributed by atoms with van der Waals surface area (Å²) in [5, 5.41) is 8.90. The molecule has 2 rings (SSSR count). The monoisotopic (exact) mass is 211 g/mol. The van der Waals surface area contributed by atoms with Gasteiger partial charge in [0, 0.05) is 13.2 Å². The van der Waals surface area contributed by atoms with Crippen molar-refractivity contribution in [2.24, 2.45) is 23.2 Å². The average molecular weight is 211 g/mol. The molecule has 2 fully saturated rings. The lowest BCUT2D eigenvalue weighted by Crippen LogP contribution is -2.39. The highest BCUT2D eigenvalue weighted by Crippen LogP contribution is 2.63. The summed E-state index contributed by atoms with van der Waals surface area (Å²) in [5.41, 5.74) is -0.132. The molecule has 3 unspecified atom stereocenters. The third-order valence-corrected chi connectivity index (χ3v) is 3.70. The molecule has 2 amide bonds. The maximum absolute atomic E-state index is 11.8. The third-order valence-electron chi connectivity index (χ3n) is 3.70. The largest absolute Gasteiger partial charge is 0.396 e. The van der Waals surface area contributed by atoms with Gasteiger partial charge in [-0.1, -0.05) is 20.8 Å². The van der Waals surface area contributed by atoms with Crippen molar-refractivity contribution in [2.75, 3.05) is 13.2 Å². The summed E-state index contributed by atoms with van der Waals surface area (Å²) < 4.78 is 0. The summed E-state index contributed by atoms with van der Waals surface area (Å²) in [5.74, 6) is -0.323. The smallest absolute Gasteiger partial charge is 0.233 e. The van der Waals surface area contributed by atoms with E-state index in [0.29, 0.717) is 6.54 Å². The van der Waals surface area contributed by atoms with Crippen LogP contribution >= 0.6 is 0 Å². The van der Waals surface area contributed by atoms with Crippen molar-refractivity contribution in [3.63, 3.8) is 0 Å². The van der Waals surface area contributed by atoms with Crippen molar-refractivity contribution >= 4 is 11.8 Å². The number of carbonyl (C=O) groups is 2. The van der Waals surface area contributed by atoms with Crippen LogP contribution in [0.4, 0.5) is 0 Å². The van der Waals surface area contributed by atoms with E-state index in [9.17, 15) is 9.59 Å². The van der Waals surface area contributed by atoms with E-state index in [1.54, 1.807) is 0 Å². The SMILES string of the molecule is CC(CO)CN1C(=O)C2C(C1=O)C2(C)C. The lowest BCUT2D eigenvalue weighted by molar-refractivity contribution is -0.143. The van der Waals surface area contributed by atoms with Gasteiger partial charge in [0.1, 0.15) is 0 Å². The van der Waals surface area contributed by atoms with Gasteiger partial charge < -0.3 is 5.11 Å². The molecule has 0 aromatic rings. The molecule has 0 radical (unpaired) electrons. The molecule has 0 aromatic heterocycles. The molecule has 2 aliphatic rings. The topological polar surface area (TPSA) is 57.6 Å². The number of hydrogen-bond acceptors (Lipinski definition) is 3. The van der Waals surface area contributed by atoms with Crippen molar-refractivity contribution in [1.29, 1.82) is 0 Å². The van der Waals surface area contributed by atoms with E-state index in [-0.39, 0.29) is 41.6 Å². The minimum absolute atomic E-state index is 0.00971. The Morgan fingerprint density at radius 2 is 1.80 bits per heavy atom. The Bertz CT molecular complexity index is 300. The van der Waals surface area contributed by atoms with Gasteiger partial charge in [-0.2, -0.15) is 0 Å². The average Bonchev–Trinajstić information content (AvgIpc) is 2.64. The lowest BCUT2D eigenvalue weighted by atomic mass is 10.0. The molecule has 4 heteroatoms. The van der Waals surface area contributed by atoms with Gasteiger partial charge in [-0.15, -0.1) is 0 Å². The van der Waals surface area contributed by atoms with E-state index in [4.69, 9.17) is 5.11 Å². The van der Waals surface area contributed by atoms with Crippen LogP contribution in [0.5, 0.6) is 0 Å². The van der Waals surface area contributed by atoms with Gasteiger partial charge in [0.2, 0.25) is 11.8 Å². The van der Waals surface area contributed by atoms with Gasteiger partial charge in [-0.3, -0.25) is 14.5 Å². The first kappa shape index (κ1) is 10.6. The molecule has 3 atom stereocenters. The predicted molar refractivity (Wildman–Crippen MR) is 53.7 cm³/mol. The highest BCUT2D eigenvalue weighted by molar-refractivity contribution is 6.10. The third kappa shape index (κ3) is 1.31. The number of likely N-dealkylation sites (tertiary alicyclic amines) is 1. The number of imide groups is 1. The van der Waals surface area contributed by atoms with Crippen LogP contribution in [-0.4, -0.2) is 35.0 Å². The van der Waals surface area contributed by atoms with Crippen molar-refractivity contribution in [3.8, 4) is 0 Å². The van der Waals surface area contributed by atoms with Gasteiger partial charge in [-0.25, -0.2) is 0 Å². The van der Waals surface area contributed by atoms with Gasteiger partial charge >= 0.3 is 0 Å². The number of amides is 2. The number of carbonyl (C=O) groups excluding carboxylic acids is 2. The minimum Gasteiger partial charge on any atom is -0.396 e. The second-order valence-electron chi connectivity index (χ2n) is 5.35. The first-order chi connectivity index (χ1) is 6.91. The fourth-order valence-corrected chi connectivity index (χ4v) is 2.55. The molecule has 1 N–H and O–H groups in total. The normalized spacial score (nSPS) is 34.3. The van der Waals surface area contributed by atoms with Crippen molar-refractivity contribution in [1.82, 2.24) is 4.90 Å². The Labute approximate surface area is 89.3 Å². The van der Waals surface area contributed by atoms with Crippen molar-refractivity contribution < 1.29 is 14.7 Å². The molecule has 0 bridgehead atoms. The second kappa shape index (κ2) is 3.04. The van der Waals surface area contributed by atoms with Crippen molar-refractivity contribution in [2.45, 2.75) is 20.8 Å². The summed E-state index contributed by atoms with van der Waals surface area (Å²) >= 11 is 0. The summed E-state index contributed by atoms with van der Waals surface area (Å²) in [6.07, 6.45) is 0. The molecule has 1 saturated heterocycles. The molecule has 1 heterocycles. The fraction of sp³-hybridized carbons (Fsp3) is 0.818. The molecule has 4 nitrogen and oxygen atoms in total. The zero-order chi connectivity index (χ0) is 11.4. The van der Waals surface area contributed by atoms with E-state index >= 15 is 0 Å². The van der Waals surface area contributed by atoms with E-state index in [1.807, 2.05) is 20.8 Å². The van der Waals surface area contributed by atoms with Crippen LogP contribution in [0.2, 0.25) is 0 Å². The lowest BCUT2D eigenvalue weighted by Gasteiger charge is -2.22. The van der Waals surface area contributed by atoms with Crippen LogP contribution in [0.25, 0.3) is 0 Å². The maximum Gasteiger partial charge on any atom is 0.233 e. The Morgan fingerprint density at radius 3 is 2.20 bits per heavy atom. The quantitative estimate of drug-likeness (QED) is 0.681. The fourth-order valence-electron chi connectivity index (χ4n) is 2.55. The number of aliphatic hydroxyl groups excluding tert-OH is 1. The van der Waals surface area contributed by atoms with Gasteiger partial charge in [0.15, 0.2) is 0 Å². The first-order valence-corrected chi connectivity index (χ1v) is 5.37. The summed E-state index contributed by atoms with van der Waals surface area (Å²) in [6.45, 7) is 6.12. The number of fused-ring (bicyclic) bond motifs is 1. The van der Waals surface area contributed by atoms with E-state index in [0.717, 1.165) is 0 Å². The maximum atomic E-state index is 11.8. The molecule has 15 heavy (non-hydrogen) atoms. The van der Waals surface area contributed by atoms with Crippen molar-refractivity contribution in [3.05, 3.63) is 0 Å². The number of rotatable bonds is 3. The molecule has 1 aliphatic carbocycles. The predicted octanol–water partition coefficient (Wildman–Crippen LogP) is 0.256.